The van der Waals surface area contributed by atoms with Gasteiger partial charge in [-0.2, -0.15) is 0 Å². The van der Waals surface area contributed by atoms with Crippen LogP contribution in [0.25, 0.3) is 10.9 Å². The first-order valence-electron chi connectivity index (χ1n) is 15.2. The lowest BCUT2D eigenvalue weighted by Gasteiger charge is -2.31. The van der Waals surface area contributed by atoms with Gasteiger partial charge in [-0.1, -0.05) is 18.2 Å². The summed E-state index contributed by atoms with van der Waals surface area (Å²) in [6, 6.07) is 19.5. The molecule has 0 fully saturated rings. The number of hydrogen-bond donors (Lipinski definition) is 0. The lowest BCUT2D eigenvalue weighted by atomic mass is 10.0. The highest BCUT2D eigenvalue weighted by Crippen LogP contribution is 2.32. The van der Waals surface area contributed by atoms with Crippen LogP contribution in [0.15, 0.2) is 66.9 Å². The normalized spacial score (nSPS) is 13.7. The number of anilines is 1. The van der Waals surface area contributed by atoms with Crippen molar-refractivity contribution in [1.82, 2.24) is 9.55 Å². The predicted octanol–water partition coefficient (Wildman–Crippen LogP) is 6.90. The van der Waals surface area contributed by atoms with Gasteiger partial charge >= 0.3 is 12.1 Å². The molecule has 232 valence electrons. The van der Waals surface area contributed by atoms with Crippen LogP contribution < -0.4 is 14.4 Å². The Morgan fingerprint density at radius 2 is 1.86 bits per heavy atom. The molecule has 0 saturated heterocycles. The Kier molecular flexibility index (Phi) is 9.42. The number of benzene rings is 2. The van der Waals surface area contributed by atoms with E-state index in [9.17, 15) is 9.59 Å². The minimum atomic E-state index is -0.570. The van der Waals surface area contributed by atoms with Gasteiger partial charge in [-0.25, -0.2) is 9.78 Å². The number of ether oxygens (including phenoxy) is 4. The number of carbonyl (C=O) groups is 2. The quantitative estimate of drug-likeness (QED) is 0.183. The molecule has 0 spiro atoms. The number of carbonyl (C=O) groups excluding carboxylic acids is 2. The second-order valence-electron chi connectivity index (χ2n) is 11.9. The molecule has 1 unspecified atom stereocenters. The van der Waals surface area contributed by atoms with Gasteiger partial charge in [0.2, 0.25) is 0 Å². The highest BCUT2D eigenvalue weighted by Gasteiger charge is 2.28. The first-order valence-corrected chi connectivity index (χ1v) is 15.2. The highest BCUT2D eigenvalue weighted by molar-refractivity contribution is 5.88. The van der Waals surface area contributed by atoms with Crippen LogP contribution in [0.4, 0.5) is 10.6 Å². The van der Waals surface area contributed by atoms with Gasteiger partial charge in [-0.3, -0.25) is 9.69 Å². The second-order valence-corrected chi connectivity index (χ2v) is 11.9. The third-order valence-electron chi connectivity index (χ3n) is 7.51. The molecule has 0 N–H and O–H groups in total. The van der Waals surface area contributed by atoms with Crippen LogP contribution in [0.2, 0.25) is 0 Å². The molecule has 9 nitrogen and oxygen atoms in total. The number of esters is 1. The first kappa shape index (κ1) is 30.9. The van der Waals surface area contributed by atoms with Crippen LogP contribution in [-0.2, 0) is 27.1 Å². The predicted molar refractivity (Wildman–Crippen MR) is 170 cm³/mol. The SMILES string of the molecule is CCOC(=O)CC(c1cccc(OC)c1)n1ccc2cc(OCCc3ccc4c(n3)N(C(=O)OC(C)(C)C)CCC4)ccc21. The lowest BCUT2D eigenvalue weighted by Crippen LogP contribution is -2.40. The molecule has 0 aliphatic carbocycles. The van der Waals surface area contributed by atoms with Crippen molar-refractivity contribution in [1.29, 1.82) is 0 Å². The van der Waals surface area contributed by atoms with Gasteiger partial charge in [0.1, 0.15) is 22.9 Å². The molecule has 1 atom stereocenters. The molecule has 1 aliphatic heterocycles. The molecule has 3 heterocycles. The van der Waals surface area contributed by atoms with Gasteiger partial charge in [0.15, 0.2) is 0 Å². The summed E-state index contributed by atoms with van der Waals surface area (Å²) in [5, 5.41) is 0.999. The Morgan fingerprint density at radius 3 is 2.64 bits per heavy atom. The van der Waals surface area contributed by atoms with Crippen LogP contribution in [0, 0.1) is 0 Å². The summed E-state index contributed by atoms with van der Waals surface area (Å²) in [7, 11) is 1.63. The summed E-state index contributed by atoms with van der Waals surface area (Å²) in [4.78, 5) is 31.9. The van der Waals surface area contributed by atoms with E-state index in [-0.39, 0.29) is 24.5 Å². The van der Waals surface area contributed by atoms with E-state index in [1.54, 1.807) is 12.0 Å². The summed E-state index contributed by atoms with van der Waals surface area (Å²) >= 11 is 0. The molecular weight excluding hydrogens is 558 g/mol. The topological polar surface area (TPSA) is 92.1 Å². The zero-order valence-corrected chi connectivity index (χ0v) is 26.2. The lowest BCUT2D eigenvalue weighted by molar-refractivity contribution is -0.143. The van der Waals surface area contributed by atoms with E-state index >= 15 is 0 Å². The number of methoxy groups -OCH3 is 1. The second kappa shape index (κ2) is 13.4. The monoisotopic (exact) mass is 599 g/mol. The van der Waals surface area contributed by atoms with Crippen LogP contribution in [0.5, 0.6) is 11.5 Å². The Labute approximate surface area is 258 Å². The van der Waals surface area contributed by atoms with Gasteiger partial charge in [-0.15, -0.1) is 0 Å². The fourth-order valence-corrected chi connectivity index (χ4v) is 5.49. The Bertz CT molecular complexity index is 1620. The molecule has 0 saturated carbocycles. The molecule has 0 bridgehead atoms. The number of aromatic nitrogens is 2. The minimum Gasteiger partial charge on any atom is -0.497 e. The van der Waals surface area contributed by atoms with Gasteiger partial charge in [0.05, 0.1) is 32.8 Å². The molecule has 2 aromatic heterocycles. The molecule has 1 amide bonds. The first-order chi connectivity index (χ1) is 21.1. The zero-order chi connectivity index (χ0) is 31.3. The van der Waals surface area contributed by atoms with Crippen molar-refractivity contribution in [2.45, 2.75) is 65.0 Å². The molecule has 1 aliphatic rings. The fraction of sp³-hybridized carbons (Fsp3) is 0.400. The van der Waals surface area contributed by atoms with Crippen molar-refractivity contribution >= 4 is 28.8 Å². The van der Waals surface area contributed by atoms with E-state index in [1.807, 2.05) is 88.5 Å². The van der Waals surface area contributed by atoms with Gasteiger partial charge in [0.25, 0.3) is 0 Å². The number of aryl methyl sites for hydroxylation is 1. The van der Waals surface area contributed by atoms with Gasteiger partial charge in [-0.05, 0) is 94.1 Å². The molecule has 0 radical (unpaired) electrons. The number of rotatable bonds is 10. The summed E-state index contributed by atoms with van der Waals surface area (Å²) in [5.74, 6) is 1.90. The maximum Gasteiger partial charge on any atom is 0.416 e. The number of nitrogens with zero attached hydrogens (tertiary/aromatic N) is 3. The molecular formula is C35H41N3O6. The minimum absolute atomic E-state index is 0.197. The number of hydrogen-bond acceptors (Lipinski definition) is 7. The summed E-state index contributed by atoms with van der Waals surface area (Å²) in [5.41, 5.74) is 3.27. The van der Waals surface area contributed by atoms with Crippen molar-refractivity contribution in [2.24, 2.45) is 0 Å². The van der Waals surface area contributed by atoms with Crippen LogP contribution in [0.3, 0.4) is 0 Å². The van der Waals surface area contributed by atoms with Crippen molar-refractivity contribution < 1.29 is 28.5 Å². The summed E-state index contributed by atoms with van der Waals surface area (Å²) in [6.45, 7) is 8.77. The summed E-state index contributed by atoms with van der Waals surface area (Å²) < 4.78 is 24.6. The number of fused-ring (bicyclic) bond motifs is 2. The molecule has 9 heteroatoms. The van der Waals surface area contributed by atoms with E-state index in [0.717, 1.165) is 52.1 Å². The maximum absolute atomic E-state index is 12.8. The van der Waals surface area contributed by atoms with Crippen LogP contribution in [-0.4, -0.2) is 54.1 Å². The standard InChI is InChI=1S/C35H41N3O6/c1-6-42-32(39)23-31(25-9-7-11-28(21-25)41-5)37-19-16-26-22-29(14-15-30(26)37)43-20-17-27-13-12-24-10-8-18-38(33(24)36-27)34(40)44-35(2,3)4/h7,9,11-16,19,21-22,31H,6,8,10,17-18,20,23H2,1-5H3. The van der Waals surface area contributed by atoms with E-state index in [4.69, 9.17) is 23.9 Å². The number of pyridine rings is 1. The molecule has 44 heavy (non-hydrogen) atoms. The Morgan fingerprint density at radius 1 is 1.02 bits per heavy atom. The van der Waals surface area contributed by atoms with Gasteiger partial charge < -0.3 is 23.5 Å². The molecule has 4 aromatic rings. The Balaban J connectivity index is 1.29. The van der Waals surface area contributed by atoms with Crippen molar-refractivity contribution in [2.75, 3.05) is 31.8 Å². The van der Waals surface area contributed by atoms with E-state index < -0.39 is 5.60 Å². The smallest absolute Gasteiger partial charge is 0.416 e. The highest BCUT2D eigenvalue weighted by atomic mass is 16.6. The average molecular weight is 600 g/mol. The van der Waals surface area contributed by atoms with Crippen molar-refractivity contribution in [3.8, 4) is 11.5 Å². The Hall–Kier alpha value is -4.53. The van der Waals surface area contributed by atoms with Crippen molar-refractivity contribution in [3.63, 3.8) is 0 Å². The van der Waals surface area contributed by atoms with E-state index in [1.165, 1.54) is 0 Å². The van der Waals surface area contributed by atoms with E-state index in [0.29, 0.717) is 32.0 Å². The zero-order valence-electron chi connectivity index (χ0n) is 26.2. The largest absolute Gasteiger partial charge is 0.497 e. The molecule has 5 rings (SSSR count). The van der Waals surface area contributed by atoms with Crippen molar-refractivity contribution in [3.05, 3.63) is 83.7 Å². The number of amides is 1. The summed E-state index contributed by atoms with van der Waals surface area (Å²) in [6.07, 6.45) is 4.18. The molecule has 2 aromatic carbocycles. The fourth-order valence-electron chi connectivity index (χ4n) is 5.49. The van der Waals surface area contributed by atoms with E-state index in [2.05, 4.69) is 10.6 Å². The third kappa shape index (κ3) is 7.33. The van der Waals surface area contributed by atoms with Gasteiger partial charge in [0, 0.05) is 35.8 Å². The average Bonchev–Trinajstić information content (AvgIpc) is 3.42. The van der Waals surface area contributed by atoms with Crippen LogP contribution >= 0.6 is 0 Å². The maximum atomic E-state index is 12.8. The van der Waals surface area contributed by atoms with Crippen LogP contribution in [0.1, 0.15) is 63.4 Å². The third-order valence-corrected chi connectivity index (χ3v) is 7.51.